The van der Waals surface area contributed by atoms with Gasteiger partial charge in [0.1, 0.15) is 11.6 Å². The molecule has 0 aromatic carbocycles. The molecule has 0 radical (unpaired) electrons. The molecule has 1 aliphatic carbocycles. The van der Waals surface area contributed by atoms with E-state index in [-0.39, 0.29) is 30.9 Å². The first kappa shape index (κ1) is 12.8. The molecule has 2 aliphatic rings. The molecule has 4 nitrogen and oxygen atoms in total. The third-order valence-corrected chi connectivity index (χ3v) is 4.73. The first-order valence-corrected chi connectivity index (χ1v) is 6.81. The quantitative estimate of drug-likeness (QED) is 0.853. The van der Waals surface area contributed by atoms with Crippen LogP contribution in [0.3, 0.4) is 0 Å². The summed E-state index contributed by atoms with van der Waals surface area (Å²) in [6.07, 6.45) is 2.20. The summed E-state index contributed by atoms with van der Waals surface area (Å²) in [5, 5.41) is 18.9. The molecule has 19 heavy (non-hydrogen) atoms. The Morgan fingerprint density at radius 1 is 1.26 bits per heavy atom. The van der Waals surface area contributed by atoms with E-state index in [9.17, 15) is 14.6 Å². The normalized spacial score (nSPS) is 33.7. The van der Waals surface area contributed by atoms with Gasteiger partial charge in [0, 0.05) is 26.3 Å². The fourth-order valence-corrected chi connectivity index (χ4v) is 3.78. The maximum Gasteiger partial charge on any atom is 0.141 e. The zero-order chi connectivity index (χ0) is 13.4. The molecular formula is C14H19FN2O2. The third-order valence-electron chi connectivity index (χ3n) is 4.73. The van der Waals surface area contributed by atoms with Crippen molar-refractivity contribution in [3.63, 3.8) is 0 Å². The van der Waals surface area contributed by atoms with Crippen LogP contribution >= 0.6 is 0 Å². The molecule has 0 amide bonds. The summed E-state index contributed by atoms with van der Waals surface area (Å²) in [6, 6.07) is 3.13. The lowest BCUT2D eigenvalue weighted by atomic mass is 9.89. The second-order valence-corrected chi connectivity index (χ2v) is 5.69. The van der Waals surface area contributed by atoms with Gasteiger partial charge in [0.25, 0.3) is 0 Å². The molecule has 4 atom stereocenters. The number of aliphatic hydroxyl groups excluding tert-OH is 2. The predicted molar refractivity (Wildman–Crippen MR) is 69.2 cm³/mol. The number of aliphatic hydroxyl groups is 2. The fraction of sp³-hybridized carbons (Fsp3) is 0.643. The number of halogens is 1. The Morgan fingerprint density at radius 2 is 2.11 bits per heavy atom. The van der Waals surface area contributed by atoms with E-state index in [1.165, 1.54) is 12.3 Å². The average molecular weight is 266 g/mol. The van der Waals surface area contributed by atoms with Crippen LogP contribution in [-0.4, -0.2) is 41.5 Å². The Labute approximate surface area is 111 Å². The summed E-state index contributed by atoms with van der Waals surface area (Å²) in [6.45, 7) is 2.02. The molecule has 1 saturated heterocycles. The van der Waals surface area contributed by atoms with Gasteiger partial charge in [-0.3, -0.25) is 0 Å². The number of hydrogen-bond acceptors (Lipinski definition) is 4. The van der Waals surface area contributed by atoms with Crippen molar-refractivity contribution in [2.75, 3.05) is 31.2 Å². The molecule has 0 unspecified atom stereocenters. The van der Waals surface area contributed by atoms with Crippen LogP contribution in [0.2, 0.25) is 0 Å². The lowest BCUT2D eigenvalue weighted by molar-refractivity contribution is 0.120. The first-order chi connectivity index (χ1) is 9.22. The zero-order valence-electron chi connectivity index (χ0n) is 10.7. The largest absolute Gasteiger partial charge is 0.396 e. The topological polar surface area (TPSA) is 56.6 Å². The molecule has 2 heterocycles. The van der Waals surface area contributed by atoms with Crippen LogP contribution in [0.5, 0.6) is 0 Å². The standard InChI is InChI=1S/C14H19FN2O2/c15-11-1-2-14(16-4-11)17-5-9-3-10(7-18)13(8-19)12(9)6-17/h1-2,4,9-10,12-13,18-19H,3,5-8H2/t9-,10+,12+,13-/m0/s1. The predicted octanol–water partition coefficient (Wildman–Crippen LogP) is 0.894. The minimum absolute atomic E-state index is 0.136. The van der Waals surface area contributed by atoms with E-state index in [1.54, 1.807) is 6.07 Å². The van der Waals surface area contributed by atoms with Crippen LogP contribution in [0, 0.1) is 29.5 Å². The van der Waals surface area contributed by atoms with Gasteiger partial charge in [-0.2, -0.15) is 0 Å². The first-order valence-electron chi connectivity index (χ1n) is 6.81. The highest BCUT2D eigenvalue weighted by Crippen LogP contribution is 2.46. The highest BCUT2D eigenvalue weighted by atomic mass is 19.1. The monoisotopic (exact) mass is 266 g/mol. The van der Waals surface area contributed by atoms with E-state index in [2.05, 4.69) is 9.88 Å². The van der Waals surface area contributed by atoms with Crippen molar-refractivity contribution >= 4 is 5.82 Å². The lowest BCUT2D eigenvalue weighted by Crippen LogP contribution is -2.28. The van der Waals surface area contributed by atoms with E-state index in [0.29, 0.717) is 11.8 Å². The molecule has 0 bridgehead atoms. The minimum atomic E-state index is -0.322. The van der Waals surface area contributed by atoms with Gasteiger partial charge in [0.15, 0.2) is 0 Å². The highest BCUT2D eigenvalue weighted by molar-refractivity contribution is 5.40. The van der Waals surface area contributed by atoms with Gasteiger partial charge >= 0.3 is 0 Å². The van der Waals surface area contributed by atoms with Crippen LogP contribution in [0.25, 0.3) is 0 Å². The summed E-state index contributed by atoms with van der Waals surface area (Å²) in [5.74, 6) is 1.80. The Bertz CT molecular complexity index is 440. The number of aromatic nitrogens is 1. The van der Waals surface area contributed by atoms with E-state index < -0.39 is 0 Å². The number of rotatable bonds is 3. The Morgan fingerprint density at radius 3 is 2.74 bits per heavy atom. The molecule has 1 saturated carbocycles. The second-order valence-electron chi connectivity index (χ2n) is 5.69. The molecule has 5 heteroatoms. The summed E-state index contributed by atoms with van der Waals surface area (Å²) in [7, 11) is 0. The van der Waals surface area contributed by atoms with Crippen molar-refractivity contribution in [1.29, 1.82) is 0 Å². The van der Waals surface area contributed by atoms with Crippen LogP contribution in [0.4, 0.5) is 10.2 Å². The van der Waals surface area contributed by atoms with Crippen LogP contribution in [-0.2, 0) is 0 Å². The number of nitrogens with zero attached hydrogens (tertiary/aromatic N) is 2. The van der Waals surface area contributed by atoms with Gasteiger partial charge in [-0.15, -0.1) is 0 Å². The fourth-order valence-electron chi connectivity index (χ4n) is 3.78. The van der Waals surface area contributed by atoms with Crippen LogP contribution < -0.4 is 4.90 Å². The van der Waals surface area contributed by atoms with Gasteiger partial charge in [-0.05, 0) is 42.2 Å². The molecule has 3 rings (SSSR count). The van der Waals surface area contributed by atoms with E-state index >= 15 is 0 Å². The summed E-state index contributed by atoms with van der Waals surface area (Å²) in [5.41, 5.74) is 0. The molecular weight excluding hydrogens is 247 g/mol. The Kier molecular flexibility index (Phi) is 3.41. The number of fused-ring (bicyclic) bond motifs is 1. The van der Waals surface area contributed by atoms with E-state index in [0.717, 1.165) is 25.3 Å². The molecule has 1 aromatic rings. The summed E-state index contributed by atoms with van der Waals surface area (Å²) < 4.78 is 12.9. The molecule has 104 valence electrons. The van der Waals surface area contributed by atoms with Crippen LogP contribution in [0.15, 0.2) is 18.3 Å². The van der Waals surface area contributed by atoms with Crippen molar-refractivity contribution in [2.45, 2.75) is 6.42 Å². The second kappa shape index (κ2) is 5.06. The highest BCUT2D eigenvalue weighted by Gasteiger charge is 2.47. The maximum atomic E-state index is 12.9. The van der Waals surface area contributed by atoms with Gasteiger partial charge in [0.05, 0.1) is 6.20 Å². The number of hydrogen-bond donors (Lipinski definition) is 2. The Hall–Kier alpha value is -1.20. The van der Waals surface area contributed by atoms with Gasteiger partial charge in [-0.1, -0.05) is 0 Å². The van der Waals surface area contributed by atoms with Crippen molar-refractivity contribution in [2.24, 2.45) is 23.7 Å². The van der Waals surface area contributed by atoms with Crippen molar-refractivity contribution in [1.82, 2.24) is 4.98 Å². The zero-order valence-corrected chi connectivity index (χ0v) is 10.7. The molecule has 2 fully saturated rings. The number of pyridine rings is 1. The minimum Gasteiger partial charge on any atom is -0.396 e. The average Bonchev–Trinajstić information content (AvgIpc) is 2.95. The van der Waals surface area contributed by atoms with Crippen LogP contribution in [0.1, 0.15) is 6.42 Å². The SMILES string of the molecule is OC[C@H]1C[C@H]2CN(c3ccc(F)cn3)C[C@H]2[C@H]1CO. The van der Waals surface area contributed by atoms with Crippen molar-refractivity contribution < 1.29 is 14.6 Å². The van der Waals surface area contributed by atoms with Crippen molar-refractivity contribution in [3.8, 4) is 0 Å². The van der Waals surface area contributed by atoms with Gasteiger partial charge in [0.2, 0.25) is 0 Å². The molecule has 0 spiro atoms. The van der Waals surface area contributed by atoms with Gasteiger partial charge < -0.3 is 15.1 Å². The molecule has 1 aromatic heterocycles. The molecule has 1 aliphatic heterocycles. The number of anilines is 1. The maximum absolute atomic E-state index is 12.9. The summed E-state index contributed by atoms with van der Waals surface area (Å²) >= 11 is 0. The Balaban J connectivity index is 1.73. The molecule has 2 N–H and O–H groups in total. The third kappa shape index (κ3) is 2.21. The smallest absolute Gasteiger partial charge is 0.141 e. The summed E-state index contributed by atoms with van der Waals surface area (Å²) in [4.78, 5) is 6.27. The van der Waals surface area contributed by atoms with Crippen molar-refractivity contribution in [3.05, 3.63) is 24.1 Å². The lowest BCUT2D eigenvalue weighted by Gasteiger charge is -2.23. The van der Waals surface area contributed by atoms with Gasteiger partial charge in [-0.25, -0.2) is 9.37 Å². The van der Waals surface area contributed by atoms with E-state index in [4.69, 9.17) is 0 Å². The van der Waals surface area contributed by atoms with E-state index in [1.807, 2.05) is 0 Å².